The van der Waals surface area contributed by atoms with Gasteiger partial charge in [0, 0.05) is 11.8 Å². The predicted octanol–water partition coefficient (Wildman–Crippen LogP) is 5.05. The molecule has 1 amide bonds. The summed E-state index contributed by atoms with van der Waals surface area (Å²) in [7, 11) is 0. The van der Waals surface area contributed by atoms with E-state index in [1.165, 1.54) is 16.3 Å². The molecule has 1 atom stereocenters. The fourth-order valence-electron chi connectivity index (χ4n) is 2.54. The maximum Gasteiger partial charge on any atom is 0.275 e. The van der Waals surface area contributed by atoms with Gasteiger partial charge in [-0.1, -0.05) is 6.07 Å². The molecule has 0 radical (unpaired) electrons. The Balaban J connectivity index is 1.72. The van der Waals surface area contributed by atoms with Crippen molar-refractivity contribution in [2.75, 3.05) is 0 Å². The van der Waals surface area contributed by atoms with Gasteiger partial charge in [0.1, 0.15) is 11.8 Å². The van der Waals surface area contributed by atoms with Crippen molar-refractivity contribution in [2.24, 2.45) is 5.10 Å². The highest BCUT2D eigenvalue weighted by atomic mass is 35.5. The maximum absolute atomic E-state index is 12.8. The Morgan fingerprint density at radius 2 is 2.22 bits per heavy atom. The van der Waals surface area contributed by atoms with Crippen LogP contribution in [0.3, 0.4) is 0 Å². The molecule has 116 valence electrons. The van der Waals surface area contributed by atoms with Crippen LogP contribution in [-0.2, 0) is 0 Å². The van der Waals surface area contributed by atoms with Gasteiger partial charge in [0.2, 0.25) is 0 Å². The van der Waals surface area contributed by atoms with E-state index in [1.54, 1.807) is 29.5 Å². The van der Waals surface area contributed by atoms with Gasteiger partial charge in [0.15, 0.2) is 5.22 Å². The van der Waals surface area contributed by atoms with Crippen molar-refractivity contribution in [3.05, 3.63) is 67.9 Å². The number of nitrogens with zero attached hydrogens (tertiary/aromatic N) is 2. The highest BCUT2D eigenvalue weighted by Gasteiger charge is 2.36. The van der Waals surface area contributed by atoms with E-state index < -0.39 is 0 Å². The van der Waals surface area contributed by atoms with Crippen LogP contribution in [0.15, 0.2) is 56.0 Å². The summed E-state index contributed by atoms with van der Waals surface area (Å²) in [6, 6.07) is 9.00. The third kappa shape index (κ3) is 2.73. The average Bonchev–Trinajstić information content (AvgIpc) is 3.31. The Morgan fingerprint density at radius 3 is 2.87 bits per heavy atom. The summed E-state index contributed by atoms with van der Waals surface area (Å²) in [5.74, 6) is 0.518. The van der Waals surface area contributed by atoms with Gasteiger partial charge in [-0.25, -0.2) is 5.01 Å². The van der Waals surface area contributed by atoms with Crippen LogP contribution in [-0.4, -0.2) is 16.6 Å². The molecule has 4 rings (SSSR count). The van der Waals surface area contributed by atoms with E-state index in [2.05, 4.69) is 5.10 Å². The summed E-state index contributed by atoms with van der Waals surface area (Å²) in [5, 5.41) is 12.1. The molecular formula is C16H11ClN2O2S2. The normalized spacial score (nSPS) is 17.5. The molecule has 0 aliphatic carbocycles. The Bertz CT molecular complexity index is 853. The SMILES string of the molecule is O=C(c1ccsc1)N1N=C(c2cccs2)C[C@H]1c1ccc(Cl)o1. The lowest BCUT2D eigenvalue weighted by molar-refractivity contribution is 0.0693. The molecule has 1 aliphatic rings. The molecule has 3 aromatic rings. The van der Waals surface area contributed by atoms with Crippen LogP contribution in [0, 0.1) is 0 Å². The number of furan rings is 1. The summed E-state index contributed by atoms with van der Waals surface area (Å²) in [6.45, 7) is 0. The van der Waals surface area contributed by atoms with Gasteiger partial charge in [0.25, 0.3) is 5.91 Å². The van der Waals surface area contributed by atoms with E-state index in [4.69, 9.17) is 16.0 Å². The number of carbonyl (C=O) groups excluding carboxylic acids is 1. The maximum atomic E-state index is 12.8. The van der Waals surface area contributed by atoms with Crippen LogP contribution in [0.5, 0.6) is 0 Å². The molecule has 0 unspecified atom stereocenters. The van der Waals surface area contributed by atoms with Gasteiger partial charge in [0.05, 0.1) is 16.2 Å². The molecule has 0 N–H and O–H groups in total. The first-order valence-electron chi connectivity index (χ1n) is 6.95. The van der Waals surface area contributed by atoms with Gasteiger partial charge in [-0.3, -0.25) is 4.79 Å². The van der Waals surface area contributed by atoms with Crippen LogP contribution >= 0.6 is 34.3 Å². The second kappa shape index (κ2) is 5.96. The number of hydrazone groups is 1. The van der Waals surface area contributed by atoms with Crippen molar-refractivity contribution in [1.29, 1.82) is 0 Å². The zero-order valence-corrected chi connectivity index (χ0v) is 14.2. The number of hydrogen-bond acceptors (Lipinski definition) is 5. The minimum absolute atomic E-state index is 0.129. The van der Waals surface area contributed by atoms with E-state index in [9.17, 15) is 4.79 Å². The molecule has 1 aliphatic heterocycles. The molecule has 4 nitrogen and oxygen atoms in total. The fraction of sp³-hybridized carbons (Fsp3) is 0.125. The second-order valence-electron chi connectivity index (χ2n) is 5.05. The largest absolute Gasteiger partial charge is 0.447 e. The van der Waals surface area contributed by atoms with Crippen molar-refractivity contribution >= 4 is 45.9 Å². The van der Waals surface area contributed by atoms with E-state index in [0.717, 1.165) is 10.6 Å². The quantitative estimate of drug-likeness (QED) is 0.654. The van der Waals surface area contributed by atoms with Gasteiger partial charge >= 0.3 is 0 Å². The number of amides is 1. The molecule has 4 heterocycles. The first kappa shape index (κ1) is 14.7. The first-order valence-corrected chi connectivity index (χ1v) is 9.15. The van der Waals surface area contributed by atoms with Crippen molar-refractivity contribution in [2.45, 2.75) is 12.5 Å². The van der Waals surface area contributed by atoms with Crippen LogP contribution in [0.1, 0.15) is 33.5 Å². The zero-order valence-electron chi connectivity index (χ0n) is 11.8. The number of thiophene rings is 2. The molecule has 23 heavy (non-hydrogen) atoms. The van der Waals surface area contributed by atoms with E-state index in [0.29, 0.717) is 23.0 Å². The van der Waals surface area contributed by atoms with E-state index >= 15 is 0 Å². The number of rotatable bonds is 3. The lowest BCUT2D eigenvalue weighted by Gasteiger charge is -2.19. The molecule has 0 fully saturated rings. The van der Waals surface area contributed by atoms with E-state index in [1.807, 2.05) is 28.3 Å². The summed E-state index contributed by atoms with van der Waals surface area (Å²) in [4.78, 5) is 13.8. The van der Waals surface area contributed by atoms with Crippen molar-refractivity contribution < 1.29 is 9.21 Å². The standard InChI is InChI=1S/C16H11ClN2O2S2/c17-15-4-3-13(21-15)12-8-11(14-2-1-6-23-14)18-19(12)16(20)10-5-7-22-9-10/h1-7,9,12H,8H2/t12-/m0/s1. The minimum Gasteiger partial charge on any atom is -0.447 e. The Labute approximate surface area is 145 Å². The van der Waals surface area contributed by atoms with Crippen LogP contribution < -0.4 is 0 Å². The average molecular weight is 363 g/mol. The molecule has 0 bridgehead atoms. The topological polar surface area (TPSA) is 45.8 Å². The lowest BCUT2D eigenvalue weighted by Crippen LogP contribution is -2.26. The van der Waals surface area contributed by atoms with Crippen molar-refractivity contribution in [3.8, 4) is 0 Å². The van der Waals surface area contributed by atoms with Gasteiger partial charge in [-0.2, -0.15) is 16.4 Å². The van der Waals surface area contributed by atoms with Crippen LogP contribution in [0.4, 0.5) is 0 Å². The van der Waals surface area contributed by atoms with Crippen molar-refractivity contribution in [3.63, 3.8) is 0 Å². The summed E-state index contributed by atoms with van der Waals surface area (Å²) < 4.78 is 5.54. The van der Waals surface area contributed by atoms with Crippen molar-refractivity contribution in [1.82, 2.24) is 5.01 Å². The molecule has 3 aromatic heterocycles. The predicted molar refractivity (Wildman–Crippen MR) is 92.4 cm³/mol. The molecule has 0 aromatic carbocycles. The Kier molecular flexibility index (Phi) is 3.80. The molecule has 0 spiro atoms. The fourth-order valence-corrected chi connectivity index (χ4v) is 4.04. The minimum atomic E-state index is -0.271. The first-order chi connectivity index (χ1) is 11.2. The highest BCUT2D eigenvalue weighted by molar-refractivity contribution is 7.12. The Morgan fingerprint density at radius 1 is 1.30 bits per heavy atom. The summed E-state index contributed by atoms with van der Waals surface area (Å²) in [6.07, 6.45) is 0.611. The lowest BCUT2D eigenvalue weighted by atomic mass is 10.1. The number of hydrogen-bond donors (Lipinski definition) is 0. The van der Waals surface area contributed by atoms with Crippen LogP contribution in [0.25, 0.3) is 0 Å². The Hall–Kier alpha value is -1.89. The second-order valence-corrected chi connectivity index (χ2v) is 7.15. The van der Waals surface area contributed by atoms with E-state index in [-0.39, 0.29) is 11.9 Å². The van der Waals surface area contributed by atoms with Gasteiger partial charge in [-0.15, -0.1) is 11.3 Å². The smallest absolute Gasteiger partial charge is 0.275 e. The number of carbonyl (C=O) groups is 1. The van der Waals surface area contributed by atoms with Gasteiger partial charge in [-0.05, 0) is 46.6 Å². The monoisotopic (exact) mass is 362 g/mol. The zero-order chi connectivity index (χ0) is 15.8. The molecule has 0 saturated carbocycles. The third-order valence-corrected chi connectivity index (χ3v) is 5.42. The highest BCUT2D eigenvalue weighted by Crippen LogP contribution is 2.36. The summed E-state index contributed by atoms with van der Waals surface area (Å²) >= 11 is 9.00. The molecule has 7 heteroatoms. The molecular weight excluding hydrogens is 352 g/mol. The third-order valence-electron chi connectivity index (χ3n) is 3.61. The van der Waals surface area contributed by atoms with Gasteiger partial charge < -0.3 is 4.42 Å². The molecule has 0 saturated heterocycles. The van der Waals surface area contributed by atoms with Crippen LogP contribution in [0.2, 0.25) is 5.22 Å². The number of halogens is 1. The summed E-state index contributed by atoms with van der Waals surface area (Å²) in [5.41, 5.74) is 1.52.